The molecule has 23 heavy (non-hydrogen) atoms. The maximum atomic E-state index is 12.6. The Morgan fingerprint density at radius 1 is 0.913 bits per heavy atom. The van der Waals surface area contributed by atoms with Gasteiger partial charge in [0, 0.05) is 0 Å². The third kappa shape index (κ3) is 2.94. The van der Waals surface area contributed by atoms with Gasteiger partial charge in [0.15, 0.2) is 0 Å². The molecule has 2 aromatic carbocycles. The molecule has 0 unspecified atom stereocenters. The fourth-order valence-corrected chi connectivity index (χ4v) is 3.10. The lowest BCUT2D eigenvalue weighted by Gasteiger charge is -2.40. The summed E-state index contributed by atoms with van der Waals surface area (Å²) in [5.74, 6) is -0.609. The smallest absolute Gasteiger partial charge is 0.271 e. The lowest BCUT2D eigenvalue weighted by Crippen LogP contribution is -2.54. The number of carbonyl (C=O) groups excluding carboxylic acids is 2. The summed E-state index contributed by atoms with van der Waals surface area (Å²) in [5, 5.41) is 0.348. The van der Waals surface area contributed by atoms with Gasteiger partial charge in [-0.05, 0) is 30.5 Å². The molecule has 0 heterocycles. The van der Waals surface area contributed by atoms with Gasteiger partial charge in [-0.2, -0.15) is 0 Å². The van der Waals surface area contributed by atoms with Crippen LogP contribution in [0.1, 0.15) is 35.2 Å². The molecule has 1 fully saturated rings. The number of nitrogens with one attached hydrogen (secondary N) is 2. The molecule has 118 valence electrons. The van der Waals surface area contributed by atoms with Crippen molar-refractivity contribution >= 4 is 23.4 Å². The van der Waals surface area contributed by atoms with E-state index in [1.165, 1.54) is 0 Å². The van der Waals surface area contributed by atoms with Crippen LogP contribution in [0.2, 0.25) is 5.02 Å². The summed E-state index contributed by atoms with van der Waals surface area (Å²) in [7, 11) is 0. The first kappa shape index (κ1) is 15.6. The van der Waals surface area contributed by atoms with E-state index in [1.807, 2.05) is 30.3 Å². The van der Waals surface area contributed by atoms with Gasteiger partial charge in [-0.1, -0.05) is 60.5 Å². The molecule has 3 rings (SSSR count). The monoisotopic (exact) mass is 328 g/mol. The van der Waals surface area contributed by atoms with Gasteiger partial charge in [0.1, 0.15) is 0 Å². The van der Waals surface area contributed by atoms with Crippen molar-refractivity contribution < 1.29 is 9.59 Å². The van der Waals surface area contributed by atoms with Gasteiger partial charge in [0.05, 0.1) is 16.0 Å². The van der Waals surface area contributed by atoms with Crippen LogP contribution in [0.3, 0.4) is 0 Å². The third-order valence-corrected chi connectivity index (χ3v) is 4.71. The summed E-state index contributed by atoms with van der Waals surface area (Å²) in [5.41, 5.74) is 5.78. The zero-order valence-electron chi connectivity index (χ0n) is 12.5. The van der Waals surface area contributed by atoms with Crippen molar-refractivity contribution in [3.8, 4) is 0 Å². The SMILES string of the molecule is O=C(NNC(=O)C1(c2ccccc2)CCC1)c1ccccc1Cl. The molecule has 1 aliphatic carbocycles. The van der Waals surface area contributed by atoms with Crippen LogP contribution < -0.4 is 10.9 Å². The molecule has 4 nitrogen and oxygen atoms in total. The van der Waals surface area contributed by atoms with E-state index in [2.05, 4.69) is 10.9 Å². The van der Waals surface area contributed by atoms with E-state index in [1.54, 1.807) is 24.3 Å². The quantitative estimate of drug-likeness (QED) is 0.850. The molecule has 2 amide bonds. The zero-order chi connectivity index (χ0) is 16.3. The second kappa shape index (κ2) is 6.42. The third-order valence-electron chi connectivity index (χ3n) is 4.38. The minimum absolute atomic E-state index is 0.185. The highest BCUT2D eigenvalue weighted by atomic mass is 35.5. The van der Waals surface area contributed by atoms with Crippen LogP contribution in [-0.4, -0.2) is 11.8 Å². The molecular formula is C18H17ClN2O2. The van der Waals surface area contributed by atoms with E-state index >= 15 is 0 Å². The standard InChI is InChI=1S/C18H17ClN2O2/c19-15-10-5-4-9-14(15)16(22)20-21-17(23)18(11-6-12-18)13-7-2-1-3-8-13/h1-5,7-10H,6,11-12H2,(H,20,22)(H,21,23). The Hall–Kier alpha value is -2.33. The van der Waals surface area contributed by atoms with Gasteiger partial charge >= 0.3 is 0 Å². The zero-order valence-corrected chi connectivity index (χ0v) is 13.3. The topological polar surface area (TPSA) is 58.2 Å². The van der Waals surface area contributed by atoms with Crippen LogP contribution in [0.4, 0.5) is 0 Å². The highest BCUT2D eigenvalue weighted by Crippen LogP contribution is 2.43. The molecule has 1 saturated carbocycles. The van der Waals surface area contributed by atoms with E-state index in [0.717, 1.165) is 24.8 Å². The summed E-state index contributed by atoms with van der Waals surface area (Å²) < 4.78 is 0. The van der Waals surface area contributed by atoms with E-state index < -0.39 is 11.3 Å². The fraction of sp³-hybridized carbons (Fsp3) is 0.222. The lowest BCUT2D eigenvalue weighted by atomic mass is 9.64. The van der Waals surface area contributed by atoms with Crippen LogP contribution in [-0.2, 0) is 10.2 Å². The van der Waals surface area contributed by atoms with E-state index in [4.69, 9.17) is 11.6 Å². The highest BCUT2D eigenvalue weighted by molar-refractivity contribution is 6.33. The highest BCUT2D eigenvalue weighted by Gasteiger charge is 2.45. The Kier molecular flexibility index (Phi) is 4.35. The minimum atomic E-state index is -0.547. The largest absolute Gasteiger partial charge is 0.272 e. The Labute approximate surface area is 139 Å². The number of halogens is 1. The van der Waals surface area contributed by atoms with Crippen LogP contribution in [0.15, 0.2) is 54.6 Å². The van der Waals surface area contributed by atoms with Crippen molar-refractivity contribution in [2.45, 2.75) is 24.7 Å². The molecule has 0 bridgehead atoms. The predicted molar refractivity (Wildman–Crippen MR) is 89.0 cm³/mol. The first-order valence-corrected chi connectivity index (χ1v) is 7.92. The van der Waals surface area contributed by atoms with Crippen molar-refractivity contribution in [1.82, 2.24) is 10.9 Å². The maximum absolute atomic E-state index is 12.6. The average molecular weight is 329 g/mol. The second-order valence-electron chi connectivity index (χ2n) is 5.69. The van der Waals surface area contributed by atoms with E-state index in [0.29, 0.717) is 10.6 Å². The van der Waals surface area contributed by atoms with Crippen molar-refractivity contribution in [3.05, 3.63) is 70.7 Å². The number of carbonyl (C=O) groups is 2. The molecule has 0 spiro atoms. The number of hydrogen-bond acceptors (Lipinski definition) is 2. The number of benzene rings is 2. The van der Waals surface area contributed by atoms with Gasteiger partial charge in [-0.3, -0.25) is 20.4 Å². The van der Waals surface area contributed by atoms with Crippen molar-refractivity contribution in [3.63, 3.8) is 0 Å². The summed E-state index contributed by atoms with van der Waals surface area (Å²) in [6.45, 7) is 0. The van der Waals surface area contributed by atoms with Gasteiger partial charge in [0.25, 0.3) is 5.91 Å². The molecule has 2 aromatic rings. The van der Waals surface area contributed by atoms with Crippen molar-refractivity contribution in [1.29, 1.82) is 0 Å². The molecule has 0 saturated heterocycles. The fourth-order valence-electron chi connectivity index (χ4n) is 2.88. The lowest BCUT2D eigenvalue weighted by molar-refractivity contribution is -0.130. The number of hydrogen-bond donors (Lipinski definition) is 2. The normalized spacial score (nSPS) is 15.3. The van der Waals surface area contributed by atoms with Gasteiger partial charge in [-0.15, -0.1) is 0 Å². The summed E-state index contributed by atoms with van der Waals surface area (Å²) in [6, 6.07) is 16.4. The number of rotatable bonds is 3. The Morgan fingerprint density at radius 3 is 2.17 bits per heavy atom. The van der Waals surface area contributed by atoms with E-state index in [-0.39, 0.29) is 5.91 Å². The number of hydrazine groups is 1. The van der Waals surface area contributed by atoms with Crippen molar-refractivity contribution in [2.75, 3.05) is 0 Å². The summed E-state index contributed by atoms with van der Waals surface area (Å²) >= 11 is 5.99. The van der Waals surface area contributed by atoms with Crippen LogP contribution in [0, 0.1) is 0 Å². The Bertz CT molecular complexity index is 727. The molecular weight excluding hydrogens is 312 g/mol. The second-order valence-corrected chi connectivity index (χ2v) is 6.10. The molecule has 1 aliphatic rings. The molecule has 5 heteroatoms. The Morgan fingerprint density at radius 2 is 1.57 bits per heavy atom. The number of amides is 2. The van der Waals surface area contributed by atoms with Gasteiger partial charge in [-0.25, -0.2) is 0 Å². The van der Waals surface area contributed by atoms with Crippen LogP contribution >= 0.6 is 11.6 Å². The predicted octanol–water partition coefficient (Wildman–Crippen LogP) is 3.22. The van der Waals surface area contributed by atoms with Crippen molar-refractivity contribution in [2.24, 2.45) is 0 Å². The summed E-state index contributed by atoms with van der Waals surface area (Å²) in [6.07, 6.45) is 2.57. The molecule has 0 aliphatic heterocycles. The van der Waals surface area contributed by atoms with Gasteiger partial charge in [0.2, 0.25) is 5.91 Å². The Balaban J connectivity index is 1.70. The first-order valence-electron chi connectivity index (χ1n) is 7.54. The average Bonchev–Trinajstić information content (AvgIpc) is 2.53. The van der Waals surface area contributed by atoms with E-state index in [9.17, 15) is 9.59 Å². The van der Waals surface area contributed by atoms with Gasteiger partial charge < -0.3 is 0 Å². The van der Waals surface area contributed by atoms with Crippen LogP contribution in [0.5, 0.6) is 0 Å². The van der Waals surface area contributed by atoms with Crippen LogP contribution in [0.25, 0.3) is 0 Å². The summed E-state index contributed by atoms with van der Waals surface area (Å²) in [4.78, 5) is 24.7. The molecule has 0 radical (unpaired) electrons. The molecule has 2 N–H and O–H groups in total. The maximum Gasteiger partial charge on any atom is 0.271 e. The molecule has 0 aromatic heterocycles. The minimum Gasteiger partial charge on any atom is -0.272 e. The first-order chi connectivity index (χ1) is 11.1. The molecule has 0 atom stereocenters.